The van der Waals surface area contributed by atoms with Crippen molar-refractivity contribution in [3.8, 4) is 0 Å². The number of aromatic nitrogens is 2. The maximum Gasteiger partial charge on any atom is 0.342 e. The molecule has 18 heavy (non-hydrogen) atoms. The second-order valence-electron chi connectivity index (χ2n) is 2.75. The molecule has 2 N–H and O–H groups in total. The molecule has 0 atom stereocenters. The van der Waals surface area contributed by atoms with Gasteiger partial charge in [0.15, 0.2) is 0 Å². The molecule has 0 saturated carbocycles. The van der Waals surface area contributed by atoms with Crippen molar-refractivity contribution < 1.29 is 23.8 Å². The van der Waals surface area contributed by atoms with E-state index in [2.05, 4.69) is 9.78 Å². The van der Waals surface area contributed by atoms with E-state index in [0.717, 1.165) is 0 Å². The summed E-state index contributed by atoms with van der Waals surface area (Å²) in [7, 11) is 1.23. The van der Waals surface area contributed by atoms with E-state index in [0.29, 0.717) is 12.5 Å². The molecule has 0 spiro atoms. The molecule has 0 bridgehead atoms. The van der Waals surface area contributed by atoms with Crippen LogP contribution in [-0.4, -0.2) is 29.3 Å². The normalized spacial score (nSPS) is 9.00. The second-order valence-corrected chi connectivity index (χ2v) is 2.75. The summed E-state index contributed by atoms with van der Waals surface area (Å²) in [6, 6.07) is 0. The Hall–Kier alpha value is -2.29. The van der Waals surface area contributed by atoms with Crippen LogP contribution >= 0.6 is 0 Å². The Kier molecular flexibility index (Phi) is 7.69. The van der Waals surface area contributed by atoms with E-state index < -0.39 is 23.0 Å². The minimum absolute atomic E-state index is 0.0807. The molecule has 1 aromatic rings. The van der Waals surface area contributed by atoms with E-state index in [-0.39, 0.29) is 12.8 Å². The van der Waals surface area contributed by atoms with Gasteiger partial charge in [0, 0.05) is 12.6 Å². The highest BCUT2D eigenvalue weighted by atomic mass is 19.1. The number of hydrogen-bond acceptors (Lipinski definition) is 6. The van der Waals surface area contributed by atoms with E-state index in [1.165, 1.54) is 7.11 Å². The Bertz CT molecular complexity index is 494. The summed E-state index contributed by atoms with van der Waals surface area (Å²) < 4.78 is 12.0. The van der Waals surface area contributed by atoms with Gasteiger partial charge in [0.05, 0.1) is 13.5 Å². The fraction of sp³-hybridized carbons (Fsp3) is 0.333. The molecular weight excluding hydrogens is 251 g/mol. The number of carbonyl (C=O) groups excluding carboxylic acids is 2. The van der Waals surface area contributed by atoms with Crippen LogP contribution in [0.2, 0.25) is 0 Å². The zero-order valence-electron chi connectivity index (χ0n) is 9.40. The summed E-state index contributed by atoms with van der Waals surface area (Å²) in [5.74, 6) is -1.51. The third-order valence-corrected chi connectivity index (χ3v) is 1.42. The van der Waals surface area contributed by atoms with Crippen LogP contribution in [0.25, 0.3) is 0 Å². The van der Waals surface area contributed by atoms with Gasteiger partial charge in [0.1, 0.15) is 6.29 Å². The molecular formula is C9H11FN2O6. The first kappa shape index (κ1) is 15.7. The second kappa shape index (κ2) is 8.82. The molecule has 8 nitrogen and oxygen atoms in total. The lowest BCUT2D eigenvalue weighted by Gasteiger charge is -1.94. The van der Waals surface area contributed by atoms with Gasteiger partial charge in [0.2, 0.25) is 5.82 Å². The summed E-state index contributed by atoms with van der Waals surface area (Å²) in [6.45, 7) is 0. The number of nitrogens with one attached hydrogen (secondary N) is 2. The Morgan fingerprint density at radius 1 is 1.50 bits per heavy atom. The highest BCUT2D eigenvalue weighted by Gasteiger charge is 1.99. The molecule has 100 valence electrons. The molecule has 0 aliphatic heterocycles. The maximum atomic E-state index is 12.0. The monoisotopic (exact) mass is 262 g/mol. The summed E-state index contributed by atoms with van der Waals surface area (Å²) in [5.41, 5.74) is -1.71. The summed E-state index contributed by atoms with van der Waals surface area (Å²) >= 11 is 0. The Morgan fingerprint density at radius 2 is 2.17 bits per heavy atom. The third-order valence-electron chi connectivity index (χ3n) is 1.42. The first-order valence-electron chi connectivity index (χ1n) is 4.66. The van der Waals surface area contributed by atoms with E-state index in [1.807, 2.05) is 4.98 Å². The molecule has 0 fully saturated rings. The van der Waals surface area contributed by atoms with Crippen LogP contribution in [0.1, 0.15) is 12.8 Å². The minimum Gasteiger partial charge on any atom is -0.311 e. The standard InChI is InChI=1S/C5H8O4.C4H3FN2O2/c1-8-9-5(7)3-2-4-6;5-2-1-6-4(9)7-3(2)8/h4H,2-3H2,1H3;1H,(H2,6,7,8,9). The highest BCUT2D eigenvalue weighted by Crippen LogP contribution is 1.88. The first-order chi connectivity index (χ1) is 8.51. The number of rotatable bonds is 4. The van der Waals surface area contributed by atoms with Gasteiger partial charge in [-0.1, -0.05) is 0 Å². The molecule has 1 rings (SSSR count). The van der Waals surface area contributed by atoms with Crippen LogP contribution in [0.3, 0.4) is 0 Å². The molecule has 0 saturated heterocycles. The van der Waals surface area contributed by atoms with Crippen molar-refractivity contribution in [2.24, 2.45) is 0 Å². The van der Waals surface area contributed by atoms with Crippen molar-refractivity contribution in [2.75, 3.05) is 7.11 Å². The molecule has 0 radical (unpaired) electrons. The number of carbonyl (C=O) groups is 2. The van der Waals surface area contributed by atoms with E-state index in [9.17, 15) is 23.6 Å². The lowest BCUT2D eigenvalue weighted by Crippen LogP contribution is -2.23. The van der Waals surface area contributed by atoms with Crippen molar-refractivity contribution in [1.82, 2.24) is 9.97 Å². The van der Waals surface area contributed by atoms with Crippen molar-refractivity contribution in [2.45, 2.75) is 12.8 Å². The minimum atomic E-state index is -1.00. The third kappa shape index (κ3) is 7.06. The predicted octanol–water partition coefficient (Wildman–Crippen LogP) is -0.728. The average molecular weight is 262 g/mol. The lowest BCUT2D eigenvalue weighted by molar-refractivity contribution is -0.254. The lowest BCUT2D eigenvalue weighted by atomic mass is 10.3. The van der Waals surface area contributed by atoms with Gasteiger partial charge < -0.3 is 9.78 Å². The Labute approximate surface area is 99.7 Å². The molecule has 0 amide bonds. The molecule has 0 aromatic carbocycles. The molecule has 1 aromatic heterocycles. The van der Waals surface area contributed by atoms with Crippen LogP contribution < -0.4 is 11.2 Å². The fourth-order valence-corrected chi connectivity index (χ4v) is 0.705. The zero-order valence-corrected chi connectivity index (χ0v) is 9.40. The van der Waals surface area contributed by atoms with E-state index in [1.54, 1.807) is 4.98 Å². The Morgan fingerprint density at radius 3 is 2.61 bits per heavy atom. The smallest absolute Gasteiger partial charge is 0.311 e. The predicted molar refractivity (Wildman–Crippen MR) is 56.0 cm³/mol. The molecule has 0 unspecified atom stereocenters. The highest BCUT2D eigenvalue weighted by molar-refractivity contribution is 5.71. The zero-order chi connectivity index (χ0) is 14.0. The molecule has 0 aliphatic carbocycles. The number of H-pyrrole nitrogens is 2. The number of hydrogen-bond donors (Lipinski definition) is 2. The summed E-state index contributed by atoms with van der Waals surface area (Å²) in [4.78, 5) is 52.0. The van der Waals surface area contributed by atoms with E-state index in [4.69, 9.17) is 0 Å². The Balaban J connectivity index is 0.000000321. The van der Waals surface area contributed by atoms with Crippen LogP contribution in [0, 0.1) is 5.82 Å². The largest absolute Gasteiger partial charge is 0.342 e. The van der Waals surface area contributed by atoms with Gasteiger partial charge in [-0.15, -0.1) is 0 Å². The van der Waals surface area contributed by atoms with Gasteiger partial charge in [-0.25, -0.2) is 9.59 Å². The summed E-state index contributed by atoms with van der Waals surface area (Å²) in [5, 5.41) is 0. The van der Waals surface area contributed by atoms with Gasteiger partial charge in [0.25, 0.3) is 5.56 Å². The van der Waals surface area contributed by atoms with Crippen LogP contribution in [0.5, 0.6) is 0 Å². The molecule has 9 heteroatoms. The van der Waals surface area contributed by atoms with Gasteiger partial charge in [-0.3, -0.25) is 14.7 Å². The average Bonchev–Trinajstić information content (AvgIpc) is 2.33. The maximum absolute atomic E-state index is 12.0. The van der Waals surface area contributed by atoms with Gasteiger partial charge in [-0.05, 0) is 0 Å². The number of aromatic amines is 2. The molecule has 0 aliphatic rings. The van der Waals surface area contributed by atoms with Crippen LogP contribution in [0.4, 0.5) is 4.39 Å². The van der Waals surface area contributed by atoms with Crippen molar-refractivity contribution in [3.05, 3.63) is 32.9 Å². The SMILES string of the molecule is COOC(=O)CCC=O.O=c1[nH]cc(F)c(=O)[nH]1. The quantitative estimate of drug-likeness (QED) is 0.419. The number of aldehydes is 1. The van der Waals surface area contributed by atoms with Gasteiger partial charge in [-0.2, -0.15) is 9.28 Å². The van der Waals surface area contributed by atoms with Crippen molar-refractivity contribution in [1.29, 1.82) is 0 Å². The van der Waals surface area contributed by atoms with Gasteiger partial charge >= 0.3 is 11.7 Å². The van der Waals surface area contributed by atoms with Crippen LogP contribution in [-0.2, 0) is 19.4 Å². The van der Waals surface area contributed by atoms with Crippen molar-refractivity contribution >= 4 is 12.3 Å². The fourth-order valence-electron chi connectivity index (χ4n) is 0.705. The molecule has 1 heterocycles. The first-order valence-corrected chi connectivity index (χ1v) is 4.66. The topological polar surface area (TPSA) is 118 Å². The summed E-state index contributed by atoms with van der Waals surface area (Å²) in [6.07, 6.45) is 1.62. The van der Waals surface area contributed by atoms with Crippen molar-refractivity contribution in [3.63, 3.8) is 0 Å². The van der Waals surface area contributed by atoms with Crippen LogP contribution in [0.15, 0.2) is 15.8 Å². The number of halogens is 1. The van der Waals surface area contributed by atoms with E-state index >= 15 is 0 Å².